The van der Waals surface area contributed by atoms with Crippen LogP contribution in [0.1, 0.15) is 41.3 Å². The topological polar surface area (TPSA) is 113 Å². The third-order valence-electron chi connectivity index (χ3n) is 7.41. The van der Waals surface area contributed by atoms with E-state index in [0.29, 0.717) is 40.6 Å². The summed E-state index contributed by atoms with van der Waals surface area (Å²) in [6.07, 6.45) is 4.23. The van der Waals surface area contributed by atoms with Crippen LogP contribution in [0.2, 0.25) is 0 Å². The Labute approximate surface area is 246 Å². The summed E-state index contributed by atoms with van der Waals surface area (Å²) in [7, 11) is -3.67. The van der Waals surface area contributed by atoms with Crippen molar-refractivity contribution in [1.82, 2.24) is 9.29 Å². The smallest absolute Gasteiger partial charge is 0.280 e. The van der Waals surface area contributed by atoms with E-state index in [1.165, 1.54) is 52.4 Å². The molecule has 1 fully saturated rings. The van der Waals surface area contributed by atoms with Crippen LogP contribution in [0, 0.1) is 12.8 Å². The Kier molecular flexibility index (Phi) is 7.48. The highest BCUT2D eigenvalue weighted by molar-refractivity contribution is 7.89. The summed E-state index contributed by atoms with van der Waals surface area (Å²) < 4.78 is 34.4. The Morgan fingerprint density at radius 1 is 1.10 bits per heavy atom. The zero-order valence-corrected chi connectivity index (χ0v) is 24.7. The maximum Gasteiger partial charge on any atom is 0.280 e. The van der Waals surface area contributed by atoms with Crippen molar-refractivity contribution in [2.24, 2.45) is 11.0 Å². The molecule has 1 aliphatic rings. The molecule has 0 bridgehead atoms. The second kappa shape index (κ2) is 11.2. The zero-order chi connectivity index (χ0) is 29.4. The molecule has 0 spiro atoms. The van der Waals surface area contributed by atoms with Crippen LogP contribution in [0.15, 0.2) is 92.2 Å². The van der Waals surface area contributed by atoms with Crippen LogP contribution in [0.25, 0.3) is 21.2 Å². The third-order valence-corrected chi connectivity index (χ3v) is 10.3. The molecule has 9 nitrogen and oxygen atoms in total. The Morgan fingerprint density at radius 2 is 1.83 bits per heavy atom. The van der Waals surface area contributed by atoms with E-state index in [1.807, 2.05) is 25.1 Å². The molecule has 1 aliphatic heterocycles. The van der Waals surface area contributed by atoms with Gasteiger partial charge in [-0.3, -0.25) is 9.59 Å². The molecule has 1 saturated heterocycles. The van der Waals surface area contributed by atoms with Gasteiger partial charge in [-0.1, -0.05) is 36.5 Å². The lowest BCUT2D eigenvalue weighted by Gasteiger charge is -2.29. The Balaban J connectivity index is 1.35. The van der Waals surface area contributed by atoms with Gasteiger partial charge in [0.05, 0.1) is 32.3 Å². The highest BCUT2D eigenvalue weighted by Gasteiger charge is 2.29. The van der Waals surface area contributed by atoms with E-state index in [2.05, 4.69) is 17.0 Å². The number of piperidine rings is 1. The first-order valence-electron chi connectivity index (χ1n) is 13.6. The predicted octanol–water partition coefficient (Wildman–Crippen LogP) is 5.81. The van der Waals surface area contributed by atoms with E-state index in [1.54, 1.807) is 24.3 Å². The summed E-state index contributed by atoms with van der Waals surface area (Å²) >= 11 is 1.29. The molecule has 2 aromatic heterocycles. The van der Waals surface area contributed by atoms with E-state index < -0.39 is 15.9 Å². The number of carbonyl (C=O) groups excluding carboxylic acids is 1. The summed E-state index contributed by atoms with van der Waals surface area (Å²) in [6, 6.07) is 18.5. The Hall–Kier alpha value is -4.19. The summed E-state index contributed by atoms with van der Waals surface area (Å²) in [6.45, 7) is 5.05. The lowest BCUT2D eigenvalue weighted by Crippen LogP contribution is -2.37. The molecule has 0 radical (unpaired) electrons. The van der Waals surface area contributed by atoms with Crippen LogP contribution in [-0.4, -0.2) is 42.9 Å². The van der Waals surface area contributed by atoms with Gasteiger partial charge < -0.3 is 4.42 Å². The van der Waals surface area contributed by atoms with E-state index >= 15 is 0 Å². The summed E-state index contributed by atoms with van der Waals surface area (Å²) in [5.41, 5.74) is 2.31. The molecule has 0 N–H and O–H groups in total. The summed E-state index contributed by atoms with van der Waals surface area (Å²) in [5.74, 6) is -0.0293. The van der Waals surface area contributed by atoms with Gasteiger partial charge in [-0.05, 0) is 79.8 Å². The number of para-hydroxylation sites is 1. The van der Waals surface area contributed by atoms with Crippen molar-refractivity contribution in [3.8, 4) is 0 Å². The van der Waals surface area contributed by atoms with Crippen molar-refractivity contribution in [3.63, 3.8) is 0 Å². The number of carbonyl (C=O) groups is 1. The molecule has 214 valence electrons. The van der Waals surface area contributed by atoms with E-state index in [9.17, 15) is 18.0 Å². The number of aryl methyl sites for hydroxylation is 1. The minimum atomic E-state index is -3.67. The number of anilines is 1. The summed E-state index contributed by atoms with van der Waals surface area (Å²) in [5, 5.41) is 6.23. The maximum atomic E-state index is 13.8. The fourth-order valence-corrected chi connectivity index (χ4v) is 7.36. The van der Waals surface area contributed by atoms with E-state index in [4.69, 9.17) is 4.42 Å². The quantitative estimate of drug-likeness (QED) is 0.180. The van der Waals surface area contributed by atoms with E-state index in [-0.39, 0.29) is 21.5 Å². The fraction of sp³-hybridized carbons (Fsp3) is 0.226. The van der Waals surface area contributed by atoms with Crippen LogP contribution in [-0.2, 0) is 10.0 Å². The number of amides is 1. The van der Waals surface area contributed by atoms with Gasteiger partial charge in [-0.25, -0.2) is 13.4 Å². The molecule has 0 saturated carbocycles. The second-order valence-corrected chi connectivity index (χ2v) is 13.4. The van der Waals surface area contributed by atoms with Gasteiger partial charge in [0.1, 0.15) is 11.8 Å². The average Bonchev–Trinajstić information content (AvgIpc) is 3.41. The number of thiazole rings is 1. The van der Waals surface area contributed by atoms with Crippen LogP contribution in [0.5, 0.6) is 0 Å². The number of sulfonamides is 1. The van der Waals surface area contributed by atoms with Crippen LogP contribution < -0.4 is 10.4 Å². The minimum Gasteiger partial charge on any atom is -0.463 e. The molecular formula is C31H28N4O5S2. The first-order valence-corrected chi connectivity index (χ1v) is 15.8. The molecule has 42 heavy (non-hydrogen) atoms. The van der Waals surface area contributed by atoms with Gasteiger partial charge in [0.15, 0.2) is 0 Å². The largest absolute Gasteiger partial charge is 0.463 e. The highest BCUT2D eigenvalue weighted by atomic mass is 32.2. The molecule has 0 unspecified atom stereocenters. The normalized spacial score (nSPS) is 15.1. The number of fused-ring (bicyclic) bond motifs is 2. The Morgan fingerprint density at radius 3 is 2.60 bits per heavy atom. The number of nitrogens with zero attached hydrogens (tertiary/aromatic N) is 4. The average molecular weight is 601 g/mol. The molecular weight excluding hydrogens is 572 g/mol. The van der Waals surface area contributed by atoms with Crippen molar-refractivity contribution < 1.29 is 17.6 Å². The zero-order valence-electron chi connectivity index (χ0n) is 23.1. The standard InChI is InChI=1S/C31H28N4O5S2/c1-20-13-15-34(16-14-20)42(38,39)24-10-8-22(9-11-24)30(37)35(31-33-26-12-7-21(2)17-28(26)41-31)32-18-23-19-40-27-6-4-3-5-25(27)29(23)36/h3-12,17-20H,13-16H2,1-2H3/b32-18+. The van der Waals surface area contributed by atoms with Crippen molar-refractivity contribution in [2.45, 2.75) is 31.6 Å². The molecule has 0 aliphatic carbocycles. The number of rotatable bonds is 6. The molecule has 11 heteroatoms. The van der Waals surface area contributed by atoms with Gasteiger partial charge in [-0.15, -0.1) is 0 Å². The van der Waals surface area contributed by atoms with Crippen LogP contribution >= 0.6 is 11.3 Å². The Bertz CT molecular complexity index is 1990. The maximum absolute atomic E-state index is 13.8. The lowest BCUT2D eigenvalue weighted by molar-refractivity contribution is 0.0987. The SMILES string of the molecule is Cc1ccc2nc(N(/N=C/c3coc4ccccc4c3=O)C(=O)c3ccc(S(=O)(=O)N4CCC(C)CC4)cc3)sc2c1. The second-order valence-electron chi connectivity index (χ2n) is 10.5. The van der Waals surface area contributed by atoms with Crippen LogP contribution in [0.4, 0.5) is 5.13 Å². The third kappa shape index (κ3) is 5.38. The number of hydrazone groups is 1. The van der Waals surface area contributed by atoms with Gasteiger partial charge in [0.25, 0.3) is 5.91 Å². The number of hydrogen-bond acceptors (Lipinski definition) is 8. The van der Waals surface area contributed by atoms with Gasteiger partial charge in [-0.2, -0.15) is 14.4 Å². The molecule has 1 amide bonds. The number of hydrogen-bond donors (Lipinski definition) is 0. The summed E-state index contributed by atoms with van der Waals surface area (Å²) in [4.78, 5) is 31.6. The van der Waals surface area contributed by atoms with Crippen molar-refractivity contribution in [1.29, 1.82) is 0 Å². The van der Waals surface area contributed by atoms with Gasteiger partial charge in [0.2, 0.25) is 20.6 Å². The highest BCUT2D eigenvalue weighted by Crippen LogP contribution is 2.31. The van der Waals surface area contributed by atoms with E-state index in [0.717, 1.165) is 28.1 Å². The first-order chi connectivity index (χ1) is 20.2. The molecule has 6 rings (SSSR count). The van der Waals surface area contributed by atoms with Gasteiger partial charge in [0, 0.05) is 18.7 Å². The van der Waals surface area contributed by atoms with Crippen LogP contribution in [0.3, 0.4) is 0 Å². The van der Waals surface area contributed by atoms with Gasteiger partial charge >= 0.3 is 0 Å². The lowest BCUT2D eigenvalue weighted by atomic mass is 10.0. The predicted molar refractivity (Wildman–Crippen MR) is 165 cm³/mol. The number of benzene rings is 3. The fourth-order valence-electron chi connectivity index (χ4n) is 4.87. The van der Waals surface area contributed by atoms with Crippen molar-refractivity contribution >= 4 is 59.8 Å². The first kappa shape index (κ1) is 28.0. The molecule has 3 aromatic carbocycles. The minimum absolute atomic E-state index is 0.132. The molecule has 0 atom stereocenters. The van der Waals surface area contributed by atoms with Crippen molar-refractivity contribution in [2.75, 3.05) is 18.1 Å². The monoisotopic (exact) mass is 600 g/mol. The molecule has 5 aromatic rings. The number of aromatic nitrogens is 1. The molecule has 3 heterocycles. The van der Waals surface area contributed by atoms with Crippen molar-refractivity contribution in [3.05, 3.63) is 99.9 Å².